The lowest BCUT2D eigenvalue weighted by Gasteiger charge is -2.18. The van der Waals surface area contributed by atoms with E-state index in [1.807, 2.05) is 23.9 Å². The minimum absolute atomic E-state index is 0.265. The first-order valence-corrected chi connectivity index (χ1v) is 9.56. The number of hydrogen-bond donors (Lipinski definition) is 2. The number of rotatable bonds is 8. The van der Waals surface area contributed by atoms with Crippen LogP contribution in [0.15, 0.2) is 29.3 Å². The molecule has 0 aliphatic heterocycles. The van der Waals surface area contributed by atoms with Gasteiger partial charge in [0.15, 0.2) is 5.96 Å². The van der Waals surface area contributed by atoms with Crippen LogP contribution >= 0.6 is 0 Å². The number of ether oxygens (including phenoxy) is 1. The van der Waals surface area contributed by atoms with Gasteiger partial charge in [-0.25, -0.2) is 0 Å². The van der Waals surface area contributed by atoms with Crippen LogP contribution in [-0.4, -0.2) is 42.0 Å². The molecule has 0 aliphatic carbocycles. The van der Waals surface area contributed by atoms with E-state index < -0.39 is 0 Å². The van der Waals surface area contributed by atoms with Gasteiger partial charge in [-0.2, -0.15) is 5.10 Å². The van der Waals surface area contributed by atoms with Crippen LogP contribution in [-0.2, 0) is 13.5 Å². The second-order valence-corrected chi connectivity index (χ2v) is 7.04. The minimum Gasteiger partial charge on any atom is -0.494 e. The van der Waals surface area contributed by atoms with Gasteiger partial charge < -0.3 is 15.4 Å². The summed E-state index contributed by atoms with van der Waals surface area (Å²) in [6.07, 6.45) is 1.83. The topological polar surface area (TPSA) is 63.5 Å². The molecule has 0 bridgehead atoms. The number of nitrogens with one attached hydrogen (secondary N) is 2. The van der Waals surface area contributed by atoms with Gasteiger partial charge in [0.1, 0.15) is 5.75 Å². The van der Waals surface area contributed by atoms with Crippen molar-refractivity contribution in [3.05, 3.63) is 46.8 Å². The van der Waals surface area contributed by atoms with Crippen LogP contribution in [0.3, 0.4) is 0 Å². The highest BCUT2D eigenvalue weighted by atomic mass is 16.5. The van der Waals surface area contributed by atoms with Crippen molar-refractivity contribution >= 4 is 5.96 Å². The largest absolute Gasteiger partial charge is 0.494 e. The van der Waals surface area contributed by atoms with Crippen molar-refractivity contribution in [1.82, 2.24) is 20.4 Å². The van der Waals surface area contributed by atoms with Crippen molar-refractivity contribution in [1.29, 1.82) is 0 Å². The number of aryl methyl sites for hydroxylation is 3. The highest BCUT2D eigenvalue weighted by molar-refractivity contribution is 5.79. The summed E-state index contributed by atoms with van der Waals surface area (Å²) in [7, 11) is 3.79. The van der Waals surface area contributed by atoms with Crippen LogP contribution in [0.25, 0.3) is 0 Å². The highest BCUT2D eigenvalue weighted by Gasteiger charge is 2.13. The quantitative estimate of drug-likeness (QED) is 0.425. The Balaban J connectivity index is 1.71. The van der Waals surface area contributed by atoms with Crippen molar-refractivity contribution in [3.63, 3.8) is 0 Å². The molecule has 1 heterocycles. The molecule has 0 spiro atoms. The van der Waals surface area contributed by atoms with Gasteiger partial charge >= 0.3 is 0 Å². The Hall–Kier alpha value is -2.50. The van der Waals surface area contributed by atoms with Gasteiger partial charge in [-0.05, 0) is 58.2 Å². The molecule has 0 saturated heterocycles. The number of benzene rings is 1. The van der Waals surface area contributed by atoms with E-state index >= 15 is 0 Å². The van der Waals surface area contributed by atoms with Gasteiger partial charge in [0.05, 0.1) is 12.3 Å². The Bertz CT molecular complexity index is 749. The molecule has 2 rings (SSSR count). The molecule has 1 unspecified atom stereocenters. The molecule has 0 amide bonds. The Labute approximate surface area is 163 Å². The first-order chi connectivity index (χ1) is 12.9. The molecule has 1 atom stereocenters. The lowest BCUT2D eigenvalue weighted by atomic mass is 10.1. The first kappa shape index (κ1) is 20.8. The molecule has 1 aromatic heterocycles. The van der Waals surface area contributed by atoms with Crippen molar-refractivity contribution in [2.45, 2.75) is 46.6 Å². The van der Waals surface area contributed by atoms with Gasteiger partial charge in [-0.3, -0.25) is 9.67 Å². The van der Waals surface area contributed by atoms with E-state index in [0.29, 0.717) is 6.61 Å². The molecule has 148 valence electrons. The van der Waals surface area contributed by atoms with Crippen LogP contribution in [0, 0.1) is 20.8 Å². The van der Waals surface area contributed by atoms with Crippen molar-refractivity contribution < 1.29 is 4.74 Å². The average Bonchev–Trinajstić information content (AvgIpc) is 2.88. The standard InChI is InChI=1S/C21H33N5O/c1-15-8-10-19(11-9-15)27-13-7-12-23-21(22-5)24-16(2)14-20-17(3)25-26(6)18(20)4/h8-11,16H,7,12-14H2,1-6H3,(H2,22,23,24). The van der Waals surface area contributed by atoms with Crippen molar-refractivity contribution in [2.75, 3.05) is 20.2 Å². The molecule has 2 aromatic rings. The first-order valence-electron chi connectivity index (χ1n) is 9.56. The predicted molar refractivity (Wildman–Crippen MR) is 112 cm³/mol. The van der Waals surface area contributed by atoms with Crippen molar-refractivity contribution in [3.8, 4) is 5.75 Å². The van der Waals surface area contributed by atoms with Crippen molar-refractivity contribution in [2.24, 2.45) is 12.0 Å². The maximum absolute atomic E-state index is 5.76. The molecule has 2 N–H and O–H groups in total. The summed E-state index contributed by atoms with van der Waals surface area (Å²) < 4.78 is 7.70. The van der Waals surface area contributed by atoms with E-state index in [-0.39, 0.29) is 6.04 Å². The smallest absolute Gasteiger partial charge is 0.191 e. The number of aliphatic imine (C=N–C) groups is 1. The molecule has 0 radical (unpaired) electrons. The Morgan fingerprint density at radius 1 is 1.22 bits per heavy atom. The molecule has 27 heavy (non-hydrogen) atoms. The van der Waals surface area contributed by atoms with Gasteiger partial charge in [0.2, 0.25) is 0 Å². The van der Waals surface area contributed by atoms with E-state index in [9.17, 15) is 0 Å². The Morgan fingerprint density at radius 3 is 2.52 bits per heavy atom. The van der Waals surface area contributed by atoms with E-state index in [4.69, 9.17) is 4.74 Å². The normalized spacial score (nSPS) is 12.7. The number of guanidine groups is 1. The molecule has 0 aliphatic rings. The summed E-state index contributed by atoms with van der Waals surface area (Å²) in [5.41, 5.74) is 4.86. The third-order valence-electron chi connectivity index (χ3n) is 4.68. The Kier molecular flexibility index (Phi) is 7.70. The average molecular weight is 372 g/mol. The van der Waals surface area contributed by atoms with E-state index in [2.05, 4.69) is 60.6 Å². The maximum Gasteiger partial charge on any atom is 0.191 e. The summed E-state index contributed by atoms with van der Waals surface area (Å²) in [5.74, 6) is 1.73. The van der Waals surface area contributed by atoms with Crippen LogP contribution in [0.1, 0.15) is 35.9 Å². The summed E-state index contributed by atoms with van der Waals surface area (Å²) >= 11 is 0. The minimum atomic E-state index is 0.265. The molecular formula is C21H33N5O. The van der Waals surface area contributed by atoms with Crippen LogP contribution < -0.4 is 15.4 Å². The van der Waals surface area contributed by atoms with Crippen LogP contribution in [0.5, 0.6) is 5.75 Å². The monoisotopic (exact) mass is 371 g/mol. The van der Waals surface area contributed by atoms with Crippen LogP contribution in [0.2, 0.25) is 0 Å². The molecular weight excluding hydrogens is 338 g/mol. The fourth-order valence-corrected chi connectivity index (χ4v) is 3.00. The SMILES string of the molecule is CN=C(NCCCOc1ccc(C)cc1)NC(C)Cc1c(C)nn(C)c1C. The number of hydrogen-bond acceptors (Lipinski definition) is 3. The van der Waals surface area contributed by atoms with Gasteiger partial charge in [0, 0.05) is 32.4 Å². The zero-order chi connectivity index (χ0) is 19.8. The highest BCUT2D eigenvalue weighted by Crippen LogP contribution is 2.14. The zero-order valence-electron chi connectivity index (χ0n) is 17.5. The van der Waals surface area contributed by atoms with E-state index in [1.165, 1.54) is 16.8 Å². The third kappa shape index (κ3) is 6.31. The third-order valence-corrected chi connectivity index (χ3v) is 4.68. The van der Waals surface area contributed by atoms with E-state index in [0.717, 1.165) is 36.8 Å². The van der Waals surface area contributed by atoms with Gasteiger partial charge in [-0.1, -0.05) is 17.7 Å². The second-order valence-electron chi connectivity index (χ2n) is 7.04. The summed E-state index contributed by atoms with van der Waals surface area (Å²) in [5, 5.41) is 11.3. The predicted octanol–water partition coefficient (Wildman–Crippen LogP) is 2.91. The van der Waals surface area contributed by atoms with Gasteiger partial charge in [-0.15, -0.1) is 0 Å². The molecule has 6 nitrogen and oxygen atoms in total. The molecule has 0 saturated carbocycles. The molecule has 1 aromatic carbocycles. The second kappa shape index (κ2) is 10.00. The molecule has 6 heteroatoms. The summed E-state index contributed by atoms with van der Waals surface area (Å²) in [6.45, 7) is 9.91. The lowest BCUT2D eigenvalue weighted by Crippen LogP contribution is -2.43. The maximum atomic E-state index is 5.76. The van der Waals surface area contributed by atoms with Crippen LogP contribution in [0.4, 0.5) is 0 Å². The van der Waals surface area contributed by atoms with Gasteiger partial charge in [0.25, 0.3) is 0 Å². The summed E-state index contributed by atoms with van der Waals surface area (Å²) in [6, 6.07) is 8.40. The number of aromatic nitrogens is 2. The Morgan fingerprint density at radius 2 is 1.93 bits per heavy atom. The number of nitrogens with zero attached hydrogens (tertiary/aromatic N) is 3. The zero-order valence-corrected chi connectivity index (χ0v) is 17.5. The molecule has 0 fully saturated rings. The fraction of sp³-hybridized carbons (Fsp3) is 0.524. The van der Waals surface area contributed by atoms with E-state index in [1.54, 1.807) is 7.05 Å². The fourth-order valence-electron chi connectivity index (χ4n) is 3.00. The lowest BCUT2D eigenvalue weighted by molar-refractivity contribution is 0.311. The summed E-state index contributed by atoms with van der Waals surface area (Å²) in [4.78, 5) is 4.32.